The van der Waals surface area contributed by atoms with Crippen molar-refractivity contribution in [3.63, 3.8) is 0 Å². The highest BCUT2D eigenvalue weighted by atomic mass is 32.1. The lowest BCUT2D eigenvalue weighted by atomic mass is 10.0. The normalized spacial score (nSPS) is 18.3. The van der Waals surface area contributed by atoms with Crippen LogP contribution in [0.15, 0.2) is 60.1 Å². The maximum absolute atomic E-state index is 13.1. The minimum absolute atomic E-state index is 0.0361. The van der Waals surface area contributed by atoms with Crippen molar-refractivity contribution in [2.24, 2.45) is 0 Å². The second kappa shape index (κ2) is 8.89. The Hall–Kier alpha value is -2.84. The molecule has 8 heteroatoms. The van der Waals surface area contributed by atoms with E-state index in [1.807, 2.05) is 18.2 Å². The number of pyridine rings is 1. The van der Waals surface area contributed by atoms with Crippen molar-refractivity contribution in [2.75, 3.05) is 11.9 Å². The molecule has 3 heterocycles. The molecule has 1 aliphatic heterocycles. The highest BCUT2D eigenvalue weighted by Gasteiger charge is 2.40. The summed E-state index contributed by atoms with van der Waals surface area (Å²) in [6.45, 7) is 2.55. The molecule has 2 aromatic heterocycles. The quantitative estimate of drug-likeness (QED) is 0.549. The van der Waals surface area contributed by atoms with Crippen molar-refractivity contribution in [1.29, 1.82) is 0 Å². The van der Waals surface area contributed by atoms with Crippen LogP contribution in [0.4, 0.5) is 10.1 Å². The number of rotatable bonds is 6. The van der Waals surface area contributed by atoms with Crippen LogP contribution in [0.1, 0.15) is 34.6 Å². The van der Waals surface area contributed by atoms with Crippen LogP contribution in [0, 0.1) is 12.7 Å². The number of thiophene rings is 1. The van der Waals surface area contributed by atoms with Crippen LogP contribution in [0.25, 0.3) is 0 Å². The molecule has 0 spiro atoms. The Labute approximate surface area is 183 Å². The van der Waals surface area contributed by atoms with E-state index in [-0.39, 0.29) is 30.2 Å². The number of carbonyl (C=O) groups is 1. The largest absolute Gasteiger partial charge is 0.352 e. The highest BCUT2D eigenvalue weighted by Crippen LogP contribution is 2.41. The van der Waals surface area contributed by atoms with E-state index in [4.69, 9.17) is 12.2 Å². The van der Waals surface area contributed by atoms with E-state index >= 15 is 0 Å². The van der Waals surface area contributed by atoms with E-state index in [2.05, 4.69) is 38.9 Å². The van der Waals surface area contributed by atoms with Gasteiger partial charge in [-0.1, -0.05) is 6.07 Å². The standard InChI is InChI=1S/C22H21FN4OS2/c1-14-10-13-30-21(14)20-19(17-4-2-3-11-24-17)26-22(29)27(20)12-9-18(28)25-16-7-5-15(23)6-8-16/h2-8,10-11,13,19-20H,9,12H2,1H3,(H,25,28)(H,26,29)/t19-,20+/m0/s1. The molecule has 30 heavy (non-hydrogen) atoms. The number of anilines is 1. The molecule has 5 nitrogen and oxygen atoms in total. The van der Waals surface area contributed by atoms with Gasteiger partial charge in [0.15, 0.2) is 5.11 Å². The molecule has 154 valence electrons. The average Bonchev–Trinajstić information content (AvgIpc) is 3.31. The number of hydrogen-bond acceptors (Lipinski definition) is 4. The SMILES string of the molecule is Cc1ccsc1[C@H]1[C@H](c2ccccn2)NC(=S)N1CCC(=O)Nc1ccc(F)cc1. The van der Waals surface area contributed by atoms with Gasteiger partial charge in [0.1, 0.15) is 5.82 Å². The summed E-state index contributed by atoms with van der Waals surface area (Å²) in [5.74, 6) is -0.483. The first-order valence-corrected chi connectivity index (χ1v) is 10.9. The monoisotopic (exact) mass is 440 g/mol. The van der Waals surface area contributed by atoms with Gasteiger partial charge in [0, 0.05) is 29.7 Å². The zero-order valence-electron chi connectivity index (χ0n) is 16.3. The molecule has 1 aromatic carbocycles. The lowest BCUT2D eigenvalue weighted by Gasteiger charge is -2.27. The second-order valence-corrected chi connectivity index (χ2v) is 8.43. The van der Waals surface area contributed by atoms with Crippen LogP contribution in [0.5, 0.6) is 0 Å². The van der Waals surface area contributed by atoms with Crippen molar-refractivity contribution >= 4 is 40.3 Å². The van der Waals surface area contributed by atoms with Gasteiger partial charge in [-0.05, 0) is 72.5 Å². The fraction of sp³-hybridized carbons (Fsp3) is 0.227. The summed E-state index contributed by atoms with van der Waals surface area (Å²) in [5.41, 5.74) is 2.68. The van der Waals surface area contributed by atoms with Gasteiger partial charge in [-0.3, -0.25) is 9.78 Å². The van der Waals surface area contributed by atoms with Crippen molar-refractivity contribution in [2.45, 2.75) is 25.4 Å². The Kier molecular flexibility index (Phi) is 6.06. The first-order chi connectivity index (χ1) is 14.5. The molecule has 1 fully saturated rings. The fourth-order valence-corrected chi connectivity index (χ4v) is 5.00. The minimum Gasteiger partial charge on any atom is -0.352 e. The van der Waals surface area contributed by atoms with Crippen LogP contribution in [-0.4, -0.2) is 27.4 Å². The smallest absolute Gasteiger partial charge is 0.226 e. The van der Waals surface area contributed by atoms with E-state index in [0.717, 1.165) is 5.69 Å². The van der Waals surface area contributed by atoms with Crippen molar-refractivity contribution in [1.82, 2.24) is 15.2 Å². The van der Waals surface area contributed by atoms with E-state index in [9.17, 15) is 9.18 Å². The molecule has 0 bridgehead atoms. The average molecular weight is 441 g/mol. The Morgan fingerprint density at radius 1 is 1.27 bits per heavy atom. The summed E-state index contributed by atoms with van der Waals surface area (Å²) in [4.78, 5) is 20.3. The number of hydrogen-bond donors (Lipinski definition) is 2. The number of carbonyl (C=O) groups excluding carboxylic acids is 1. The maximum atomic E-state index is 13.1. The third-order valence-electron chi connectivity index (χ3n) is 5.08. The van der Waals surface area contributed by atoms with Gasteiger partial charge in [0.25, 0.3) is 0 Å². The summed E-state index contributed by atoms with van der Waals surface area (Å²) < 4.78 is 13.1. The Morgan fingerprint density at radius 3 is 2.73 bits per heavy atom. The van der Waals surface area contributed by atoms with E-state index in [1.54, 1.807) is 29.7 Å². The number of thiocarbonyl (C=S) groups is 1. The Balaban J connectivity index is 1.52. The Bertz CT molecular complexity index is 1040. The van der Waals surface area contributed by atoms with Crippen LogP contribution in [0.3, 0.4) is 0 Å². The molecule has 0 saturated carbocycles. The second-order valence-electron chi connectivity index (χ2n) is 7.09. The van der Waals surface area contributed by atoms with Gasteiger partial charge in [-0.15, -0.1) is 11.3 Å². The van der Waals surface area contributed by atoms with Gasteiger partial charge in [-0.2, -0.15) is 0 Å². The summed E-state index contributed by atoms with van der Waals surface area (Å²) in [5, 5.41) is 8.88. The van der Waals surface area contributed by atoms with Crippen LogP contribution in [-0.2, 0) is 4.79 Å². The van der Waals surface area contributed by atoms with E-state index in [0.29, 0.717) is 17.3 Å². The van der Waals surface area contributed by atoms with Crippen molar-refractivity contribution in [3.05, 3.63) is 82.1 Å². The van der Waals surface area contributed by atoms with Gasteiger partial charge < -0.3 is 15.5 Å². The first-order valence-electron chi connectivity index (χ1n) is 9.60. The van der Waals surface area contributed by atoms with Crippen LogP contribution >= 0.6 is 23.6 Å². The zero-order valence-corrected chi connectivity index (χ0v) is 18.0. The summed E-state index contributed by atoms with van der Waals surface area (Å²) in [6, 6.07) is 13.5. The molecule has 3 aromatic rings. The summed E-state index contributed by atoms with van der Waals surface area (Å²) in [6.07, 6.45) is 2.03. The number of aryl methyl sites for hydroxylation is 1. The van der Waals surface area contributed by atoms with Gasteiger partial charge >= 0.3 is 0 Å². The maximum Gasteiger partial charge on any atom is 0.226 e. The summed E-state index contributed by atoms with van der Waals surface area (Å²) in [7, 11) is 0. The number of nitrogens with zero attached hydrogens (tertiary/aromatic N) is 2. The predicted molar refractivity (Wildman–Crippen MR) is 121 cm³/mol. The topological polar surface area (TPSA) is 57.3 Å². The van der Waals surface area contributed by atoms with Gasteiger partial charge in [0.05, 0.1) is 17.8 Å². The molecule has 0 radical (unpaired) electrons. The van der Waals surface area contributed by atoms with Crippen molar-refractivity contribution < 1.29 is 9.18 Å². The van der Waals surface area contributed by atoms with Crippen LogP contribution in [0.2, 0.25) is 0 Å². The van der Waals surface area contributed by atoms with Gasteiger partial charge in [-0.25, -0.2) is 4.39 Å². The minimum atomic E-state index is -0.337. The molecule has 1 amide bonds. The third kappa shape index (κ3) is 4.34. The molecular formula is C22H21FN4OS2. The number of aromatic nitrogens is 1. The summed E-state index contributed by atoms with van der Waals surface area (Å²) >= 11 is 7.31. The van der Waals surface area contributed by atoms with E-state index < -0.39 is 0 Å². The van der Waals surface area contributed by atoms with Gasteiger partial charge in [0.2, 0.25) is 5.91 Å². The number of amides is 1. The molecule has 2 N–H and O–H groups in total. The molecule has 0 unspecified atom stereocenters. The van der Waals surface area contributed by atoms with E-state index in [1.165, 1.54) is 22.6 Å². The lowest BCUT2D eigenvalue weighted by Crippen LogP contribution is -2.32. The van der Waals surface area contributed by atoms with Crippen LogP contribution < -0.4 is 10.6 Å². The lowest BCUT2D eigenvalue weighted by molar-refractivity contribution is -0.116. The number of nitrogens with one attached hydrogen (secondary N) is 2. The molecular weight excluding hydrogens is 419 g/mol. The third-order valence-corrected chi connectivity index (χ3v) is 6.52. The molecule has 0 aliphatic carbocycles. The molecule has 4 rings (SSSR count). The molecule has 2 atom stereocenters. The number of benzene rings is 1. The van der Waals surface area contributed by atoms with Crippen molar-refractivity contribution in [3.8, 4) is 0 Å². The predicted octanol–water partition coefficient (Wildman–Crippen LogP) is 4.59. The highest BCUT2D eigenvalue weighted by molar-refractivity contribution is 7.80. The zero-order chi connectivity index (χ0) is 21.1. The fourth-order valence-electron chi connectivity index (χ4n) is 3.60. The molecule has 1 saturated heterocycles. The molecule has 1 aliphatic rings. The number of halogens is 1. The first kappa shape index (κ1) is 20.4. The Morgan fingerprint density at radius 2 is 2.07 bits per heavy atom.